The van der Waals surface area contributed by atoms with Crippen molar-refractivity contribution in [3.8, 4) is 0 Å². The molecule has 1 amide bonds. The molecular weight excluding hydrogens is 344 g/mol. The van der Waals surface area contributed by atoms with Gasteiger partial charge in [-0.25, -0.2) is 9.78 Å². The van der Waals surface area contributed by atoms with Gasteiger partial charge in [-0.2, -0.15) is 0 Å². The first-order valence-corrected chi connectivity index (χ1v) is 9.35. The second kappa shape index (κ2) is 8.81. The summed E-state index contributed by atoms with van der Waals surface area (Å²) in [5, 5.41) is 13.7. The number of aliphatic hydroxyl groups is 1. The van der Waals surface area contributed by atoms with Crippen molar-refractivity contribution in [1.82, 2.24) is 14.9 Å². The monoisotopic (exact) mass is 370 g/mol. The van der Waals surface area contributed by atoms with Gasteiger partial charge in [0.1, 0.15) is 12.4 Å². The number of benzene rings is 1. The average Bonchev–Trinajstić information content (AvgIpc) is 3.07. The Morgan fingerprint density at radius 1 is 1.26 bits per heavy atom. The number of aromatic nitrogens is 2. The number of nitrogens with one attached hydrogen (secondary N) is 1. The highest BCUT2D eigenvalue weighted by Crippen LogP contribution is 2.19. The molecule has 2 N–H and O–H groups in total. The summed E-state index contributed by atoms with van der Waals surface area (Å²) in [5.41, 5.74) is 2.67. The fourth-order valence-electron chi connectivity index (χ4n) is 3.06. The number of rotatable bonds is 6. The first-order chi connectivity index (χ1) is 13.1. The lowest BCUT2D eigenvalue weighted by Crippen LogP contribution is -2.34. The minimum atomic E-state index is -0.689. The van der Waals surface area contributed by atoms with Crippen molar-refractivity contribution in [2.45, 2.75) is 45.4 Å². The molecule has 1 aliphatic heterocycles. The number of anilines is 1. The summed E-state index contributed by atoms with van der Waals surface area (Å²) in [5.74, 6) is 0.681. The Kier molecular flexibility index (Phi) is 6.24. The highest BCUT2D eigenvalue weighted by atomic mass is 16.6. The van der Waals surface area contributed by atoms with Gasteiger partial charge in [0.2, 0.25) is 0 Å². The Balaban J connectivity index is 1.60. The number of aliphatic hydroxyl groups excluding tert-OH is 1. The van der Waals surface area contributed by atoms with E-state index in [2.05, 4.69) is 15.3 Å². The zero-order chi connectivity index (χ0) is 19.2. The molecule has 1 fully saturated rings. The number of carbonyl (C=O) groups is 1. The second-order valence-corrected chi connectivity index (χ2v) is 6.63. The third-order valence-electron chi connectivity index (χ3n) is 4.67. The van der Waals surface area contributed by atoms with Crippen LogP contribution in [0.25, 0.3) is 0 Å². The van der Waals surface area contributed by atoms with Crippen LogP contribution in [0.2, 0.25) is 0 Å². The van der Waals surface area contributed by atoms with Gasteiger partial charge in [0.05, 0.1) is 30.1 Å². The molecule has 3 rings (SSSR count). The number of hydrogen-bond donors (Lipinski definition) is 2. The fraction of sp³-hybridized carbons (Fsp3) is 0.450. The van der Waals surface area contributed by atoms with E-state index in [1.165, 1.54) is 4.90 Å². The molecule has 0 aliphatic carbocycles. The van der Waals surface area contributed by atoms with Crippen molar-refractivity contribution in [1.29, 1.82) is 0 Å². The van der Waals surface area contributed by atoms with Gasteiger partial charge in [0, 0.05) is 12.7 Å². The van der Waals surface area contributed by atoms with Gasteiger partial charge in [0.25, 0.3) is 0 Å². The van der Waals surface area contributed by atoms with Gasteiger partial charge in [0.15, 0.2) is 0 Å². The summed E-state index contributed by atoms with van der Waals surface area (Å²) in [6, 6.07) is 9.23. The lowest BCUT2D eigenvalue weighted by atomic mass is 10.2. The number of amides is 1. The number of ether oxygens (including phenoxy) is 1. The van der Waals surface area contributed by atoms with Gasteiger partial charge in [-0.05, 0) is 18.4 Å². The molecule has 7 nitrogen and oxygen atoms in total. The van der Waals surface area contributed by atoms with Crippen LogP contribution in [0.1, 0.15) is 30.8 Å². The van der Waals surface area contributed by atoms with Crippen molar-refractivity contribution in [2.24, 2.45) is 0 Å². The van der Waals surface area contributed by atoms with Gasteiger partial charge in [-0.3, -0.25) is 4.98 Å². The van der Waals surface area contributed by atoms with E-state index >= 15 is 0 Å². The zero-order valence-corrected chi connectivity index (χ0v) is 15.8. The quantitative estimate of drug-likeness (QED) is 0.812. The molecule has 0 unspecified atom stereocenters. The molecule has 2 aromatic rings. The predicted molar refractivity (Wildman–Crippen MR) is 102 cm³/mol. The summed E-state index contributed by atoms with van der Waals surface area (Å²) in [6.07, 6.45) is 2.20. The van der Waals surface area contributed by atoms with Crippen molar-refractivity contribution < 1.29 is 14.6 Å². The molecule has 1 aromatic carbocycles. The number of likely N-dealkylation sites (tertiary alicyclic amines) is 1. The van der Waals surface area contributed by atoms with Crippen LogP contribution in [0.15, 0.2) is 36.5 Å². The van der Waals surface area contributed by atoms with E-state index in [4.69, 9.17) is 4.74 Å². The maximum atomic E-state index is 12.3. The molecule has 0 bridgehead atoms. The third-order valence-corrected chi connectivity index (χ3v) is 4.67. The zero-order valence-electron chi connectivity index (χ0n) is 15.8. The van der Waals surface area contributed by atoms with E-state index in [-0.39, 0.29) is 19.2 Å². The molecule has 0 saturated carbocycles. The number of β-amino-alcohol motifs (C(OH)–C–C–N with tert-alkyl or cyclic N) is 1. The molecule has 144 valence electrons. The van der Waals surface area contributed by atoms with Gasteiger partial charge >= 0.3 is 6.09 Å². The summed E-state index contributed by atoms with van der Waals surface area (Å²) in [6.45, 7) is 4.84. The van der Waals surface area contributed by atoms with Crippen LogP contribution in [0, 0.1) is 0 Å². The largest absolute Gasteiger partial charge is 0.445 e. The topological polar surface area (TPSA) is 87.6 Å². The predicted octanol–water partition coefficient (Wildman–Crippen LogP) is 2.40. The minimum Gasteiger partial charge on any atom is -0.445 e. The molecule has 0 spiro atoms. The Hall–Kier alpha value is -2.67. The van der Waals surface area contributed by atoms with E-state index in [1.54, 1.807) is 6.20 Å². The first kappa shape index (κ1) is 19.1. The molecule has 1 aromatic heterocycles. The number of hydrogen-bond acceptors (Lipinski definition) is 6. The fourth-order valence-corrected chi connectivity index (χ4v) is 3.06. The van der Waals surface area contributed by atoms with E-state index in [0.29, 0.717) is 12.4 Å². The van der Waals surface area contributed by atoms with Crippen LogP contribution in [-0.2, 0) is 24.2 Å². The summed E-state index contributed by atoms with van der Waals surface area (Å²) < 4.78 is 5.36. The molecule has 0 radical (unpaired) electrons. The maximum Gasteiger partial charge on any atom is 0.410 e. The number of carbonyl (C=O) groups excluding carboxylic acids is 1. The third kappa shape index (κ3) is 4.74. The summed E-state index contributed by atoms with van der Waals surface area (Å²) in [4.78, 5) is 22.9. The molecule has 1 saturated heterocycles. The first-order valence-electron chi connectivity index (χ1n) is 9.35. The van der Waals surface area contributed by atoms with Gasteiger partial charge in [-0.1, -0.05) is 44.2 Å². The average molecular weight is 370 g/mol. The van der Waals surface area contributed by atoms with Crippen molar-refractivity contribution in [3.05, 3.63) is 53.5 Å². The second-order valence-electron chi connectivity index (χ2n) is 6.63. The molecular formula is C20H26N4O3. The number of nitrogens with zero attached hydrogens (tertiary/aromatic N) is 3. The van der Waals surface area contributed by atoms with E-state index in [1.807, 2.05) is 44.2 Å². The molecule has 7 heteroatoms. The Labute approximate surface area is 159 Å². The minimum absolute atomic E-state index is 0.217. The van der Waals surface area contributed by atoms with E-state index < -0.39 is 12.2 Å². The highest BCUT2D eigenvalue weighted by molar-refractivity contribution is 5.68. The standard InChI is InChI=1S/C20H26N4O3/c1-3-15-10-21-16(4-2)19(22-15)23-17-11-24(12-18(17)25)20(26)27-13-14-8-6-5-7-9-14/h5-10,17-18,25H,3-4,11-13H2,1-2H3,(H,22,23)/t17-,18-/m0/s1. The van der Waals surface area contributed by atoms with E-state index in [0.717, 1.165) is 29.8 Å². The smallest absolute Gasteiger partial charge is 0.410 e. The normalized spacial score (nSPS) is 19.1. The van der Waals surface area contributed by atoms with Crippen LogP contribution in [0.3, 0.4) is 0 Å². The summed E-state index contributed by atoms with van der Waals surface area (Å²) in [7, 11) is 0. The van der Waals surface area contributed by atoms with Gasteiger partial charge < -0.3 is 20.1 Å². The lowest BCUT2D eigenvalue weighted by Gasteiger charge is -2.19. The molecule has 2 atom stereocenters. The van der Waals surface area contributed by atoms with Crippen molar-refractivity contribution in [2.75, 3.05) is 18.4 Å². The Bertz CT molecular complexity index is 769. The van der Waals surface area contributed by atoms with Crippen LogP contribution in [-0.4, -0.2) is 51.3 Å². The molecule has 27 heavy (non-hydrogen) atoms. The highest BCUT2D eigenvalue weighted by Gasteiger charge is 2.35. The van der Waals surface area contributed by atoms with Crippen LogP contribution in [0.5, 0.6) is 0 Å². The Morgan fingerprint density at radius 3 is 2.74 bits per heavy atom. The van der Waals surface area contributed by atoms with Crippen LogP contribution < -0.4 is 5.32 Å². The number of aryl methyl sites for hydroxylation is 2. The van der Waals surface area contributed by atoms with Crippen LogP contribution >= 0.6 is 0 Å². The molecule has 2 heterocycles. The SMILES string of the molecule is CCc1cnc(CC)c(N[C@H]2CN(C(=O)OCc3ccccc3)C[C@@H]2O)n1. The van der Waals surface area contributed by atoms with Gasteiger partial charge in [-0.15, -0.1) is 0 Å². The molecule has 1 aliphatic rings. The van der Waals surface area contributed by atoms with Crippen molar-refractivity contribution in [3.63, 3.8) is 0 Å². The van der Waals surface area contributed by atoms with E-state index in [9.17, 15) is 9.90 Å². The van der Waals surface area contributed by atoms with Crippen molar-refractivity contribution >= 4 is 11.9 Å². The van der Waals surface area contributed by atoms with Crippen LogP contribution in [0.4, 0.5) is 10.6 Å². The summed E-state index contributed by atoms with van der Waals surface area (Å²) >= 11 is 0. The maximum absolute atomic E-state index is 12.3. The Morgan fingerprint density at radius 2 is 2.04 bits per heavy atom. The lowest BCUT2D eigenvalue weighted by molar-refractivity contribution is 0.0971.